The number of fused-ring (bicyclic) bond motifs is 1. The first-order chi connectivity index (χ1) is 11.0. The third-order valence-corrected chi connectivity index (χ3v) is 4.70. The van der Waals surface area contributed by atoms with Gasteiger partial charge in [-0.25, -0.2) is 0 Å². The van der Waals surface area contributed by atoms with Crippen molar-refractivity contribution in [3.63, 3.8) is 0 Å². The van der Waals surface area contributed by atoms with Gasteiger partial charge in [-0.3, -0.25) is 9.59 Å². The minimum Gasteiger partial charge on any atom is -0.491 e. The lowest BCUT2D eigenvalue weighted by atomic mass is 9.99. The number of benzene rings is 1. The standard InChI is InChI=1S/C18H24N2O3/c1-13-4-3-8-20(12-13)18(22)11-14-5-6-16-15(10-14)19(2)17(21)7-9-23-16/h5-6,10,13H,3-4,7-9,11-12H2,1-2H3. The number of hydrogen-bond acceptors (Lipinski definition) is 3. The van der Waals surface area contributed by atoms with Crippen LogP contribution in [0.5, 0.6) is 5.75 Å². The van der Waals surface area contributed by atoms with Crippen molar-refractivity contribution < 1.29 is 14.3 Å². The molecular formula is C18H24N2O3. The summed E-state index contributed by atoms with van der Waals surface area (Å²) in [7, 11) is 1.76. The maximum atomic E-state index is 12.5. The minimum absolute atomic E-state index is 0.0390. The molecule has 2 amide bonds. The Bertz CT molecular complexity index is 614. The second-order valence-corrected chi connectivity index (χ2v) is 6.62. The van der Waals surface area contributed by atoms with E-state index in [1.54, 1.807) is 11.9 Å². The number of carbonyl (C=O) groups excluding carboxylic acids is 2. The number of ether oxygens (including phenoxy) is 1. The van der Waals surface area contributed by atoms with E-state index >= 15 is 0 Å². The highest BCUT2D eigenvalue weighted by Gasteiger charge is 2.23. The van der Waals surface area contributed by atoms with Crippen molar-refractivity contribution in [3.8, 4) is 5.75 Å². The molecule has 124 valence electrons. The molecule has 0 bridgehead atoms. The van der Waals surface area contributed by atoms with Gasteiger partial charge >= 0.3 is 0 Å². The second kappa shape index (κ2) is 6.60. The fourth-order valence-corrected chi connectivity index (χ4v) is 3.31. The van der Waals surface area contributed by atoms with Gasteiger partial charge in [0, 0.05) is 20.1 Å². The van der Waals surface area contributed by atoms with E-state index < -0.39 is 0 Å². The van der Waals surface area contributed by atoms with Crippen LogP contribution in [0, 0.1) is 5.92 Å². The van der Waals surface area contributed by atoms with Gasteiger partial charge in [-0.15, -0.1) is 0 Å². The number of anilines is 1. The van der Waals surface area contributed by atoms with Crippen LogP contribution >= 0.6 is 0 Å². The van der Waals surface area contributed by atoms with Crippen LogP contribution in [0.2, 0.25) is 0 Å². The summed E-state index contributed by atoms with van der Waals surface area (Å²) in [6.07, 6.45) is 3.04. The van der Waals surface area contributed by atoms with Crippen LogP contribution in [0.1, 0.15) is 31.7 Å². The highest BCUT2D eigenvalue weighted by atomic mass is 16.5. The zero-order valence-corrected chi connectivity index (χ0v) is 13.9. The van der Waals surface area contributed by atoms with Gasteiger partial charge in [0.25, 0.3) is 0 Å². The molecule has 2 aliphatic heterocycles. The molecule has 0 aliphatic carbocycles. The maximum absolute atomic E-state index is 12.5. The monoisotopic (exact) mass is 316 g/mol. The van der Waals surface area contributed by atoms with Crippen LogP contribution in [0.3, 0.4) is 0 Å². The average molecular weight is 316 g/mol. The summed E-state index contributed by atoms with van der Waals surface area (Å²) < 4.78 is 5.62. The van der Waals surface area contributed by atoms with Crippen molar-refractivity contribution >= 4 is 17.5 Å². The van der Waals surface area contributed by atoms with Crippen molar-refractivity contribution in [1.29, 1.82) is 0 Å². The van der Waals surface area contributed by atoms with Crippen molar-refractivity contribution in [3.05, 3.63) is 23.8 Å². The molecule has 3 rings (SSSR count). The van der Waals surface area contributed by atoms with E-state index in [4.69, 9.17) is 4.74 Å². The fourth-order valence-electron chi connectivity index (χ4n) is 3.31. The molecule has 23 heavy (non-hydrogen) atoms. The van der Waals surface area contributed by atoms with Gasteiger partial charge in [0.1, 0.15) is 5.75 Å². The lowest BCUT2D eigenvalue weighted by molar-refractivity contribution is -0.132. The van der Waals surface area contributed by atoms with Crippen LogP contribution in [-0.2, 0) is 16.0 Å². The molecular weight excluding hydrogens is 292 g/mol. The van der Waals surface area contributed by atoms with E-state index in [0.717, 1.165) is 30.8 Å². The Morgan fingerprint density at radius 1 is 1.39 bits per heavy atom. The van der Waals surface area contributed by atoms with Crippen LogP contribution in [0.25, 0.3) is 0 Å². The van der Waals surface area contributed by atoms with Crippen molar-refractivity contribution in [2.75, 3.05) is 31.6 Å². The summed E-state index contributed by atoms with van der Waals surface area (Å²) >= 11 is 0. The average Bonchev–Trinajstić information content (AvgIpc) is 2.67. The Morgan fingerprint density at radius 3 is 3.00 bits per heavy atom. The van der Waals surface area contributed by atoms with Crippen LogP contribution in [0.15, 0.2) is 18.2 Å². The first-order valence-electron chi connectivity index (χ1n) is 8.34. The Balaban J connectivity index is 1.75. The zero-order chi connectivity index (χ0) is 16.4. The quantitative estimate of drug-likeness (QED) is 0.841. The topological polar surface area (TPSA) is 49.9 Å². The third-order valence-electron chi connectivity index (χ3n) is 4.70. The molecule has 1 aromatic rings. The van der Waals surface area contributed by atoms with Gasteiger partial charge in [0.2, 0.25) is 11.8 Å². The molecule has 0 aromatic heterocycles. The molecule has 2 aliphatic rings. The van der Waals surface area contributed by atoms with E-state index in [9.17, 15) is 9.59 Å². The molecule has 2 heterocycles. The van der Waals surface area contributed by atoms with Gasteiger partial charge in [0.15, 0.2) is 0 Å². The molecule has 0 saturated carbocycles. The predicted molar refractivity (Wildman–Crippen MR) is 88.6 cm³/mol. The van der Waals surface area contributed by atoms with Gasteiger partial charge in [0.05, 0.1) is 25.1 Å². The highest BCUT2D eigenvalue weighted by molar-refractivity contribution is 5.95. The molecule has 1 fully saturated rings. The van der Waals surface area contributed by atoms with Gasteiger partial charge in [-0.2, -0.15) is 0 Å². The van der Waals surface area contributed by atoms with Crippen LogP contribution < -0.4 is 9.64 Å². The number of amides is 2. The van der Waals surface area contributed by atoms with Gasteiger partial charge in [-0.1, -0.05) is 13.0 Å². The van der Waals surface area contributed by atoms with E-state index in [2.05, 4.69) is 6.92 Å². The first-order valence-corrected chi connectivity index (χ1v) is 8.34. The lowest BCUT2D eigenvalue weighted by Gasteiger charge is -2.31. The molecule has 5 nitrogen and oxygen atoms in total. The fraction of sp³-hybridized carbons (Fsp3) is 0.556. The van der Waals surface area contributed by atoms with E-state index in [0.29, 0.717) is 31.1 Å². The minimum atomic E-state index is 0.0390. The molecule has 0 N–H and O–H groups in total. The Labute approximate surface area is 137 Å². The number of likely N-dealkylation sites (tertiary alicyclic amines) is 1. The molecule has 1 atom stereocenters. The Hall–Kier alpha value is -2.04. The van der Waals surface area contributed by atoms with Crippen LogP contribution in [0.4, 0.5) is 5.69 Å². The first kappa shape index (κ1) is 15.8. The second-order valence-electron chi connectivity index (χ2n) is 6.62. The summed E-state index contributed by atoms with van der Waals surface area (Å²) in [6.45, 7) is 4.31. The Kier molecular flexibility index (Phi) is 4.55. The normalized spacial score (nSPS) is 21.5. The van der Waals surface area contributed by atoms with E-state index in [1.165, 1.54) is 6.42 Å². The van der Waals surface area contributed by atoms with Crippen molar-refractivity contribution in [1.82, 2.24) is 4.90 Å². The van der Waals surface area contributed by atoms with Crippen molar-refractivity contribution in [2.24, 2.45) is 5.92 Å². The number of rotatable bonds is 2. The molecule has 5 heteroatoms. The van der Waals surface area contributed by atoms with E-state index in [1.807, 2.05) is 23.1 Å². The largest absolute Gasteiger partial charge is 0.491 e. The summed E-state index contributed by atoms with van der Waals surface area (Å²) in [5, 5.41) is 0. The van der Waals surface area contributed by atoms with Gasteiger partial charge in [-0.05, 0) is 36.5 Å². The highest BCUT2D eigenvalue weighted by Crippen LogP contribution is 2.31. The molecule has 1 saturated heterocycles. The number of piperidine rings is 1. The molecule has 1 aromatic carbocycles. The van der Waals surface area contributed by atoms with E-state index in [-0.39, 0.29) is 11.8 Å². The lowest BCUT2D eigenvalue weighted by Crippen LogP contribution is -2.39. The summed E-state index contributed by atoms with van der Waals surface area (Å²) in [4.78, 5) is 28.1. The molecule has 0 spiro atoms. The number of hydrogen-bond donors (Lipinski definition) is 0. The Morgan fingerprint density at radius 2 is 2.22 bits per heavy atom. The molecule has 1 unspecified atom stereocenters. The van der Waals surface area contributed by atoms with Crippen molar-refractivity contribution in [2.45, 2.75) is 32.6 Å². The number of carbonyl (C=O) groups is 2. The maximum Gasteiger partial charge on any atom is 0.230 e. The smallest absolute Gasteiger partial charge is 0.230 e. The third kappa shape index (κ3) is 3.49. The summed E-state index contributed by atoms with van der Waals surface area (Å²) in [5.74, 6) is 1.50. The summed E-state index contributed by atoms with van der Waals surface area (Å²) in [6, 6.07) is 5.70. The molecule has 0 radical (unpaired) electrons. The summed E-state index contributed by atoms with van der Waals surface area (Å²) in [5.41, 5.74) is 1.68. The van der Waals surface area contributed by atoms with Gasteiger partial charge < -0.3 is 14.5 Å². The number of nitrogens with zero attached hydrogens (tertiary/aromatic N) is 2. The predicted octanol–water partition coefficient (Wildman–Crippen LogP) is 2.23. The van der Waals surface area contributed by atoms with Crippen LogP contribution in [-0.4, -0.2) is 43.5 Å². The SMILES string of the molecule is CC1CCCN(C(=O)Cc2ccc3c(c2)N(C)C(=O)CCO3)C1. The zero-order valence-electron chi connectivity index (χ0n) is 13.9.